The van der Waals surface area contributed by atoms with Gasteiger partial charge in [0.25, 0.3) is 0 Å². The van der Waals surface area contributed by atoms with Gasteiger partial charge in [-0.15, -0.1) is 6.58 Å². The first-order valence-electron chi connectivity index (χ1n) is 4.77. The minimum absolute atomic E-state index is 0.0102. The van der Waals surface area contributed by atoms with Gasteiger partial charge in [-0.25, -0.2) is 0 Å². The van der Waals surface area contributed by atoms with Crippen molar-refractivity contribution in [1.82, 2.24) is 9.88 Å². The van der Waals surface area contributed by atoms with Gasteiger partial charge in [0, 0.05) is 23.8 Å². The fourth-order valence-electron chi connectivity index (χ4n) is 1.29. The van der Waals surface area contributed by atoms with Gasteiger partial charge in [0.05, 0.1) is 12.2 Å². The summed E-state index contributed by atoms with van der Waals surface area (Å²) in [5.41, 5.74) is 0.839. The quantitative estimate of drug-likeness (QED) is 0.811. The van der Waals surface area contributed by atoms with Crippen molar-refractivity contribution in [3.63, 3.8) is 0 Å². The molecule has 0 radical (unpaired) electrons. The second-order valence-corrected chi connectivity index (χ2v) is 4.24. The number of carbonyl (C=O) groups is 1. The smallest absolute Gasteiger partial charge is 0.317 e. The lowest BCUT2D eigenvalue weighted by atomic mass is 10.3. The van der Waals surface area contributed by atoms with Crippen molar-refractivity contribution in [1.29, 1.82) is 0 Å². The Kier molecular flexibility index (Phi) is 5.14. The van der Waals surface area contributed by atoms with E-state index in [0.717, 1.165) is 10.2 Å². The normalized spacial score (nSPS) is 10.4. The molecular weight excluding hydrogens is 272 g/mol. The molecule has 0 fully saturated rings. The van der Waals surface area contributed by atoms with Crippen LogP contribution in [0, 0.1) is 0 Å². The van der Waals surface area contributed by atoms with Gasteiger partial charge >= 0.3 is 5.97 Å². The highest BCUT2D eigenvalue weighted by Crippen LogP contribution is 2.09. The second-order valence-electron chi connectivity index (χ2n) is 3.32. The minimum Gasteiger partial charge on any atom is -0.480 e. The molecule has 0 saturated carbocycles. The number of carboxylic acid groups (broad SMARTS) is 1. The molecule has 1 heterocycles. The maximum Gasteiger partial charge on any atom is 0.317 e. The topological polar surface area (TPSA) is 53.4 Å². The lowest BCUT2D eigenvalue weighted by molar-refractivity contribution is -0.138. The summed E-state index contributed by atoms with van der Waals surface area (Å²) in [6, 6.07) is 3.75. The van der Waals surface area contributed by atoms with Crippen molar-refractivity contribution in [2.75, 3.05) is 13.1 Å². The van der Waals surface area contributed by atoms with E-state index in [1.54, 1.807) is 17.2 Å². The van der Waals surface area contributed by atoms with E-state index < -0.39 is 5.97 Å². The van der Waals surface area contributed by atoms with E-state index in [1.165, 1.54) is 0 Å². The van der Waals surface area contributed by atoms with Crippen LogP contribution in [0.1, 0.15) is 5.69 Å². The molecule has 0 spiro atoms. The summed E-state index contributed by atoms with van der Waals surface area (Å²) >= 11 is 3.30. The summed E-state index contributed by atoms with van der Waals surface area (Å²) in [5.74, 6) is -0.848. The molecule has 0 aliphatic heterocycles. The van der Waals surface area contributed by atoms with Crippen LogP contribution < -0.4 is 0 Å². The van der Waals surface area contributed by atoms with Crippen LogP contribution in [0.3, 0.4) is 0 Å². The van der Waals surface area contributed by atoms with Crippen molar-refractivity contribution in [2.45, 2.75) is 6.54 Å². The lowest BCUT2D eigenvalue weighted by Gasteiger charge is -2.17. The third-order valence-corrected chi connectivity index (χ3v) is 2.39. The van der Waals surface area contributed by atoms with Crippen LogP contribution in [0.15, 0.2) is 35.5 Å². The van der Waals surface area contributed by atoms with Crippen LogP contribution in [0.4, 0.5) is 0 Å². The maximum absolute atomic E-state index is 10.6. The molecule has 0 saturated heterocycles. The summed E-state index contributed by atoms with van der Waals surface area (Å²) in [6.07, 6.45) is 3.38. The van der Waals surface area contributed by atoms with E-state index in [-0.39, 0.29) is 6.54 Å². The minimum atomic E-state index is -0.848. The Hall–Kier alpha value is -1.20. The molecule has 0 atom stereocenters. The highest BCUT2D eigenvalue weighted by Gasteiger charge is 2.09. The van der Waals surface area contributed by atoms with Crippen LogP contribution in [0.2, 0.25) is 0 Å². The molecule has 0 amide bonds. The standard InChI is InChI=1S/C11H13BrN2O2/c1-2-5-14(8-11(15)16)7-10-4-3-9(12)6-13-10/h2-4,6H,1,5,7-8H2,(H,15,16). The van der Waals surface area contributed by atoms with Crippen LogP contribution >= 0.6 is 15.9 Å². The fourth-order valence-corrected chi connectivity index (χ4v) is 1.52. The van der Waals surface area contributed by atoms with Gasteiger partial charge in [0.15, 0.2) is 0 Å². The Bertz CT molecular complexity index is 365. The number of nitrogens with zero attached hydrogens (tertiary/aromatic N) is 2. The number of hydrogen-bond donors (Lipinski definition) is 1. The Labute approximate surface area is 103 Å². The van der Waals surface area contributed by atoms with Gasteiger partial charge in [0.1, 0.15) is 0 Å². The van der Waals surface area contributed by atoms with Crippen LogP contribution in [-0.2, 0) is 11.3 Å². The molecule has 1 aromatic rings. The molecule has 1 aromatic heterocycles. The average molecular weight is 285 g/mol. The zero-order valence-electron chi connectivity index (χ0n) is 8.77. The average Bonchev–Trinajstić information content (AvgIpc) is 2.21. The van der Waals surface area contributed by atoms with Crippen molar-refractivity contribution in [2.24, 2.45) is 0 Å². The van der Waals surface area contributed by atoms with Crippen LogP contribution in [0.5, 0.6) is 0 Å². The first-order valence-corrected chi connectivity index (χ1v) is 5.56. The van der Waals surface area contributed by atoms with Crippen molar-refractivity contribution < 1.29 is 9.90 Å². The fraction of sp³-hybridized carbons (Fsp3) is 0.273. The molecule has 86 valence electrons. The summed E-state index contributed by atoms with van der Waals surface area (Å²) in [4.78, 5) is 16.6. The number of aromatic nitrogens is 1. The first-order chi connectivity index (χ1) is 7.61. The van der Waals surface area contributed by atoms with E-state index in [1.807, 2.05) is 12.1 Å². The summed E-state index contributed by atoms with van der Waals surface area (Å²) in [7, 11) is 0. The Balaban J connectivity index is 2.63. The van der Waals surface area contributed by atoms with E-state index in [2.05, 4.69) is 27.5 Å². The Morgan fingerprint density at radius 2 is 2.38 bits per heavy atom. The van der Waals surface area contributed by atoms with Gasteiger partial charge in [-0.3, -0.25) is 14.7 Å². The number of pyridine rings is 1. The van der Waals surface area contributed by atoms with E-state index in [9.17, 15) is 4.79 Å². The Morgan fingerprint density at radius 1 is 1.62 bits per heavy atom. The predicted octanol–water partition coefficient (Wildman–Crippen LogP) is 1.92. The van der Waals surface area contributed by atoms with Gasteiger partial charge < -0.3 is 5.11 Å². The van der Waals surface area contributed by atoms with E-state index >= 15 is 0 Å². The predicted molar refractivity (Wildman–Crippen MR) is 65.0 cm³/mol. The molecule has 4 nitrogen and oxygen atoms in total. The number of aliphatic carboxylic acids is 1. The molecule has 1 N–H and O–H groups in total. The van der Waals surface area contributed by atoms with Gasteiger partial charge in [0.2, 0.25) is 0 Å². The monoisotopic (exact) mass is 284 g/mol. The maximum atomic E-state index is 10.6. The number of hydrogen-bond acceptors (Lipinski definition) is 3. The Morgan fingerprint density at radius 3 is 2.88 bits per heavy atom. The van der Waals surface area contributed by atoms with Gasteiger partial charge in [-0.05, 0) is 28.1 Å². The highest BCUT2D eigenvalue weighted by atomic mass is 79.9. The molecule has 0 aromatic carbocycles. The molecule has 1 rings (SSSR count). The summed E-state index contributed by atoms with van der Waals surface area (Å²) < 4.78 is 0.907. The second kappa shape index (κ2) is 6.40. The summed E-state index contributed by atoms with van der Waals surface area (Å²) in [5, 5.41) is 8.73. The first kappa shape index (κ1) is 12.9. The molecule has 16 heavy (non-hydrogen) atoms. The molecule has 5 heteroatoms. The third kappa shape index (κ3) is 4.55. The number of halogens is 1. The van der Waals surface area contributed by atoms with Crippen LogP contribution in [0.25, 0.3) is 0 Å². The lowest BCUT2D eigenvalue weighted by Crippen LogP contribution is -2.29. The van der Waals surface area contributed by atoms with Gasteiger partial charge in [-0.2, -0.15) is 0 Å². The molecule has 0 bridgehead atoms. The SMILES string of the molecule is C=CCN(CC(=O)O)Cc1ccc(Br)cn1. The number of rotatable bonds is 6. The van der Waals surface area contributed by atoms with Gasteiger partial charge in [-0.1, -0.05) is 6.08 Å². The van der Waals surface area contributed by atoms with Crippen molar-refractivity contribution in [3.8, 4) is 0 Å². The van der Waals surface area contributed by atoms with Crippen molar-refractivity contribution in [3.05, 3.63) is 41.2 Å². The highest BCUT2D eigenvalue weighted by molar-refractivity contribution is 9.10. The molecule has 0 unspecified atom stereocenters. The van der Waals surface area contributed by atoms with Crippen LogP contribution in [-0.4, -0.2) is 34.0 Å². The molecule has 0 aliphatic carbocycles. The van der Waals surface area contributed by atoms with E-state index in [4.69, 9.17) is 5.11 Å². The largest absolute Gasteiger partial charge is 0.480 e. The number of carboxylic acids is 1. The zero-order valence-corrected chi connectivity index (χ0v) is 10.4. The zero-order chi connectivity index (χ0) is 12.0. The van der Waals surface area contributed by atoms with E-state index in [0.29, 0.717) is 13.1 Å². The van der Waals surface area contributed by atoms with Crippen molar-refractivity contribution >= 4 is 21.9 Å². The third-order valence-electron chi connectivity index (χ3n) is 1.92. The molecule has 0 aliphatic rings. The molecular formula is C11H13BrN2O2. The summed E-state index contributed by atoms with van der Waals surface area (Å²) in [6.45, 7) is 4.63.